The molecule has 3 aromatic rings. The average molecular weight is 486 g/mol. The van der Waals surface area contributed by atoms with Crippen molar-refractivity contribution >= 4 is 34.4 Å². The van der Waals surface area contributed by atoms with E-state index in [-0.39, 0.29) is 11.6 Å². The number of carbonyl (C=O) groups is 1. The molecule has 0 bridgehead atoms. The largest absolute Gasteiger partial charge is 0.384 e. The number of nitrogens with one attached hydrogen (secondary N) is 2. The number of hydrogen-bond donors (Lipinski definition) is 2. The molecule has 0 aromatic heterocycles. The summed E-state index contributed by atoms with van der Waals surface area (Å²) in [5.41, 5.74) is 4.07. The van der Waals surface area contributed by atoms with Crippen LogP contribution in [0.5, 0.6) is 0 Å². The first-order chi connectivity index (χ1) is 17.6. The lowest BCUT2D eigenvalue weighted by molar-refractivity contribution is -0.384. The number of aliphatic imine (C=N–C) groups is 1. The van der Waals surface area contributed by atoms with Gasteiger partial charge in [-0.15, -0.1) is 0 Å². The third kappa shape index (κ3) is 5.27. The van der Waals surface area contributed by atoms with Gasteiger partial charge in [0.2, 0.25) is 5.91 Å². The SMILES string of the molecule is O=C1Nc2ccc([N+](=O)[O-])cc2C1C(=Nc1ccc(NCCN2CCOCC2)cc1)c1ccccc1. The number of ether oxygens (including phenoxy) is 1. The molecule has 1 atom stereocenters. The summed E-state index contributed by atoms with van der Waals surface area (Å²) >= 11 is 0. The fraction of sp³-hybridized carbons (Fsp3) is 0.259. The second-order valence-electron chi connectivity index (χ2n) is 8.74. The van der Waals surface area contributed by atoms with Crippen molar-refractivity contribution in [3.63, 3.8) is 0 Å². The maximum Gasteiger partial charge on any atom is 0.269 e. The Kier molecular flexibility index (Phi) is 7.01. The highest BCUT2D eigenvalue weighted by atomic mass is 16.6. The zero-order valence-electron chi connectivity index (χ0n) is 19.7. The van der Waals surface area contributed by atoms with E-state index in [1.807, 2.05) is 54.6 Å². The Morgan fingerprint density at radius 1 is 1.08 bits per heavy atom. The molecule has 0 radical (unpaired) electrons. The highest BCUT2D eigenvalue weighted by Crippen LogP contribution is 2.38. The lowest BCUT2D eigenvalue weighted by Crippen LogP contribution is -2.38. The monoisotopic (exact) mass is 485 g/mol. The van der Waals surface area contributed by atoms with Crippen LogP contribution in [0.4, 0.5) is 22.7 Å². The van der Waals surface area contributed by atoms with Crippen LogP contribution in [-0.2, 0) is 9.53 Å². The van der Waals surface area contributed by atoms with Crippen molar-refractivity contribution in [1.29, 1.82) is 0 Å². The number of fused-ring (bicyclic) bond motifs is 1. The van der Waals surface area contributed by atoms with Crippen LogP contribution >= 0.6 is 0 Å². The van der Waals surface area contributed by atoms with Gasteiger partial charge >= 0.3 is 0 Å². The first-order valence-corrected chi connectivity index (χ1v) is 12.0. The second-order valence-corrected chi connectivity index (χ2v) is 8.74. The van der Waals surface area contributed by atoms with Crippen molar-refractivity contribution < 1.29 is 14.5 Å². The molecule has 0 aliphatic carbocycles. The van der Waals surface area contributed by atoms with Gasteiger partial charge in [-0.2, -0.15) is 0 Å². The molecule has 1 unspecified atom stereocenters. The number of nitrogens with zero attached hydrogens (tertiary/aromatic N) is 3. The van der Waals surface area contributed by atoms with Gasteiger partial charge in [0.25, 0.3) is 5.69 Å². The Balaban J connectivity index is 1.40. The summed E-state index contributed by atoms with van der Waals surface area (Å²) < 4.78 is 5.39. The molecule has 1 saturated heterocycles. The smallest absolute Gasteiger partial charge is 0.269 e. The van der Waals surface area contributed by atoms with Crippen LogP contribution in [0.2, 0.25) is 0 Å². The number of benzene rings is 3. The summed E-state index contributed by atoms with van der Waals surface area (Å²) in [5, 5.41) is 17.7. The normalized spacial score (nSPS) is 17.9. The molecule has 9 heteroatoms. The van der Waals surface area contributed by atoms with Gasteiger partial charge in [-0.1, -0.05) is 30.3 Å². The zero-order chi connectivity index (χ0) is 24.9. The van der Waals surface area contributed by atoms with E-state index in [9.17, 15) is 14.9 Å². The molecule has 5 rings (SSSR count). The standard InChI is InChI=1S/C27H27N5O4/c33-27-25(23-18-22(32(34)35)10-11-24(23)30-27)26(19-4-2-1-3-5-19)29-21-8-6-20(7-9-21)28-12-13-31-14-16-36-17-15-31/h1-11,18,25,28H,12-17H2,(H,30,33). The molecule has 0 spiro atoms. The van der Waals surface area contributed by atoms with E-state index >= 15 is 0 Å². The summed E-state index contributed by atoms with van der Waals surface area (Å²) in [4.78, 5) is 31.2. The van der Waals surface area contributed by atoms with Gasteiger partial charge in [-0.3, -0.25) is 24.8 Å². The van der Waals surface area contributed by atoms with Gasteiger partial charge in [-0.05, 0) is 35.9 Å². The van der Waals surface area contributed by atoms with Gasteiger partial charge < -0.3 is 15.4 Å². The maximum atomic E-state index is 13.0. The van der Waals surface area contributed by atoms with Crippen molar-refractivity contribution in [3.05, 3.63) is 94.0 Å². The van der Waals surface area contributed by atoms with Crippen molar-refractivity contribution in [2.24, 2.45) is 4.99 Å². The Labute approximate surface area is 209 Å². The quantitative estimate of drug-likeness (QED) is 0.281. The van der Waals surface area contributed by atoms with Crippen LogP contribution < -0.4 is 10.6 Å². The third-order valence-electron chi connectivity index (χ3n) is 6.40. The Morgan fingerprint density at radius 2 is 1.83 bits per heavy atom. The minimum atomic E-state index is -0.756. The fourth-order valence-corrected chi connectivity index (χ4v) is 4.51. The third-order valence-corrected chi connectivity index (χ3v) is 6.40. The number of nitro benzene ring substituents is 1. The average Bonchev–Trinajstić information content (AvgIpc) is 3.24. The van der Waals surface area contributed by atoms with Crippen LogP contribution in [0.15, 0.2) is 77.8 Å². The second kappa shape index (κ2) is 10.7. The van der Waals surface area contributed by atoms with Crippen LogP contribution in [0, 0.1) is 10.1 Å². The van der Waals surface area contributed by atoms with Crippen molar-refractivity contribution in [2.45, 2.75) is 5.92 Å². The van der Waals surface area contributed by atoms with Gasteiger partial charge in [0.1, 0.15) is 5.92 Å². The van der Waals surface area contributed by atoms with Crippen LogP contribution in [0.25, 0.3) is 0 Å². The summed E-state index contributed by atoms with van der Waals surface area (Å²) in [7, 11) is 0. The molecule has 36 heavy (non-hydrogen) atoms. The molecule has 2 aliphatic rings. The van der Waals surface area contributed by atoms with Crippen LogP contribution in [-0.4, -0.2) is 60.8 Å². The summed E-state index contributed by atoms with van der Waals surface area (Å²) in [6, 6.07) is 21.6. The lowest BCUT2D eigenvalue weighted by Gasteiger charge is -2.26. The van der Waals surface area contributed by atoms with Gasteiger partial charge in [0.05, 0.1) is 29.5 Å². The number of carbonyl (C=O) groups excluding carboxylic acids is 1. The predicted molar refractivity (Wildman–Crippen MR) is 139 cm³/mol. The number of anilines is 2. The van der Waals surface area contributed by atoms with E-state index in [1.165, 1.54) is 12.1 Å². The Morgan fingerprint density at radius 3 is 2.56 bits per heavy atom. The van der Waals surface area contributed by atoms with Crippen molar-refractivity contribution in [1.82, 2.24) is 4.90 Å². The van der Waals surface area contributed by atoms with E-state index in [1.54, 1.807) is 6.07 Å². The number of morpholine rings is 1. The van der Waals surface area contributed by atoms with Gasteiger partial charge in [0.15, 0.2) is 0 Å². The van der Waals surface area contributed by atoms with Crippen molar-refractivity contribution in [2.75, 3.05) is 50.0 Å². The van der Waals surface area contributed by atoms with Gasteiger partial charge in [-0.25, -0.2) is 0 Å². The minimum absolute atomic E-state index is 0.0600. The van der Waals surface area contributed by atoms with Crippen molar-refractivity contribution in [3.8, 4) is 0 Å². The molecule has 0 saturated carbocycles. The zero-order valence-corrected chi connectivity index (χ0v) is 19.7. The number of amides is 1. The summed E-state index contributed by atoms with van der Waals surface area (Å²) in [6.07, 6.45) is 0. The highest BCUT2D eigenvalue weighted by Gasteiger charge is 2.36. The maximum absolute atomic E-state index is 13.0. The molecule has 1 amide bonds. The van der Waals surface area contributed by atoms with Gasteiger partial charge in [0, 0.05) is 55.2 Å². The molecule has 2 aliphatic heterocycles. The molecule has 1 fully saturated rings. The summed E-state index contributed by atoms with van der Waals surface area (Å²) in [5.74, 6) is -1.01. The topological polar surface area (TPSA) is 109 Å². The Hall–Kier alpha value is -4.08. The van der Waals surface area contributed by atoms with E-state index in [0.717, 1.165) is 50.6 Å². The van der Waals surface area contributed by atoms with Crippen LogP contribution in [0.3, 0.4) is 0 Å². The lowest BCUT2D eigenvalue weighted by atomic mass is 9.90. The minimum Gasteiger partial charge on any atom is -0.384 e. The number of non-ortho nitro benzene ring substituents is 1. The predicted octanol–water partition coefficient (Wildman–Crippen LogP) is 4.20. The molecule has 184 valence electrons. The number of nitro groups is 1. The first kappa shape index (κ1) is 23.7. The molecule has 3 aromatic carbocycles. The van der Waals surface area contributed by atoms with Crippen LogP contribution in [0.1, 0.15) is 17.0 Å². The van der Waals surface area contributed by atoms with E-state index < -0.39 is 10.8 Å². The fourth-order valence-electron chi connectivity index (χ4n) is 4.51. The van der Waals surface area contributed by atoms with E-state index in [2.05, 4.69) is 15.5 Å². The van der Waals surface area contributed by atoms with E-state index in [0.29, 0.717) is 22.6 Å². The molecule has 2 N–H and O–H groups in total. The number of rotatable bonds is 8. The molecular weight excluding hydrogens is 458 g/mol. The number of hydrogen-bond acceptors (Lipinski definition) is 7. The first-order valence-electron chi connectivity index (χ1n) is 12.0. The van der Waals surface area contributed by atoms with E-state index in [4.69, 9.17) is 9.73 Å². The highest BCUT2D eigenvalue weighted by molar-refractivity contribution is 6.24. The Bertz CT molecular complexity index is 1270. The summed E-state index contributed by atoms with van der Waals surface area (Å²) in [6.45, 7) is 5.26. The molecular formula is C27H27N5O4. The molecule has 2 heterocycles. The molecule has 9 nitrogen and oxygen atoms in total.